The maximum Gasteiger partial charge on any atom is 0.273 e. The number of ether oxygens (including phenoxy) is 1. The lowest BCUT2D eigenvalue weighted by Crippen LogP contribution is -2.24. The first-order valence-electron chi connectivity index (χ1n) is 7.69. The number of nitrogens with zero attached hydrogens (tertiary/aromatic N) is 3. The minimum atomic E-state index is -0.873. The van der Waals surface area contributed by atoms with Crippen LogP contribution in [0.1, 0.15) is 5.82 Å². The summed E-state index contributed by atoms with van der Waals surface area (Å²) in [5, 5.41) is 30.5. The molecule has 0 aliphatic carbocycles. The molecule has 0 amide bonds. The first-order valence-corrected chi connectivity index (χ1v) is 7.69. The molecular formula is C17H17N3O5. The molecule has 25 heavy (non-hydrogen) atoms. The van der Waals surface area contributed by atoms with E-state index in [9.17, 15) is 20.3 Å². The second-order valence-electron chi connectivity index (χ2n) is 5.50. The number of aliphatic hydroxyl groups excluding tert-OH is 2. The Morgan fingerprint density at radius 3 is 2.80 bits per heavy atom. The third-order valence-corrected chi connectivity index (χ3v) is 3.74. The Kier molecular flexibility index (Phi) is 4.92. The highest BCUT2D eigenvalue weighted by molar-refractivity contribution is 5.75. The maximum atomic E-state index is 10.8. The third-order valence-electron chi connectivity index (χ3n) is 3.74. The van der Waals surface area contributed by atoms with Crippen LogP contribution in [0.4, 0.5) is 5.69 Å². The zero-order valence-electron chi connectivity index (χ0n) is 13.3. The molecule has 1 heterocycles. The molecule has 130 valence electrons. The summed E-state index contributed by atoms with van der Waals surface area (Å²) in [7, 11) is 0. The van der Waals surface area contributed by atoms with E-state index in [1.807, 2.05) is 24.3 Å². The van der Waals surface area contributed by atoms with Crippen LogP contribution in [0.3, 0.4) is 0 Å². The second kappa shape index (κ2) is 7.29. The molecule has 0 unspecified atom stereocenters. The Labute approximate surface area is 143 Å². The molecule has 0 saturated carbocycles. The Hall–Kier alpha value is -2.97. The predicted molar refractivity (Wildman–Crippen MR) is 90.3 cm³/mol. The molecule has 1 aromatic heterocycles. The fourth-order valence-electron chi connectivity index (χ4n) is 2.59. The molecule has 2 N–H and O–H groups in total. The summed E-state index contributed by atoms with van der Waals surface area (Å²) in [5.74, 6) is 0.765. The van der Waals surface area contributed by atoms with E-state index < -0.39 is 11.0 Å². The number of aliphatic hydroxyl groups is 2. The van der Waals surface area contributed by atoms with Gasteiger partial charge in [-0.15, -0.1) is 0 Å². The van der Waals surface area contributed by atoms with Crippen molar-refractivity contribution in [3.05, 3.63) is 64.5 Å². The van der Waals surface area contributed by atoms with Crippen LogP contribution in [0.15, 0.2) is 48.5 Å². The van der Waals surface area contributed by atoms with Crippen LogP contribution in [-0.2, 0) is 13.2 Å². The van der Waals surface area contributed by atoms with Gasteiger partial charge >= 0.3 is 0 Å². The van der Waals surface area contributed by atoms with Gasteiger partial charge in [0.05, 0.1) is 28.6 Å². The second-order valence-corrected chi connectivity index (χ2v) is 5.50. The van der Waals surface area contributed by atoms with Gasteiger partial charge in [-0.1, -0.05) is 18.2 Å². The van der Waals surface area contributed by atoms with Gasteiger partial charge in [0.2, 0.25) is 0 Å². The lowest BCUT2D eigenvalue weighted by atomic mass is 10.3. The van der Waals surface area contributed by atoms with E-state index in [4.69, 9.17) is 4.74 Å². The van der Waals surface area contributed by atoms with E-state index >= 15 is 0 Å². The Balaban J connectivity index is 1.70. The van der Waals surface area contributed by atoms with Gasteiger partial charge in [-0.25, -0.2) is 4.98 Å². The van der Waals surface area contributed by atoms with Crippen molar-refractivity contribution >= 4 is 16.7 Å². The smallest absolute Gasteiger partial charge is 0.273 e. The SMILES string of the molecule is O=[N+]([O-])c1cccc(OC[C@@H](O)Cn2c(CO)nc3ccccc32)c1. The monoisotopic (exact) mass is 343 g/mol. The van der Waals surface area contributed by atoms with Crippen LogP contribution in [0.5, 0.6) is 5.75 Å². The van der Waals surface area contributed by atoms with E-state index in [2.05, 4.69) is 4.98 Å². The molecule has 3 rings (SSSR count). The Morgan fingerprint density at radius 2 is 2.04 bits per heavy atom. The number of para-hydroxylation sites is 2. The van der Waals surface area contributed by atoms with E-state index in [1.54, 1.807) is 10.6 Å². The van der Waals surface area contributed by atoms with Gasteiger partial charge in [-0.2, -0.15) is 0 Å². The van der Waals surface area contributed by atoms with Crippen molar-refractivity contribution in [2.45, 2.75) is 19.3 Å². The molecule has 0 aliphatic heterocycles. The average Bonchev–Trinajstić information content (AvgIpc) is 2.98. The molecule has 3 aromatic rings. The molecule has 8 heteroatoms. The predicted octanol–water partition coefficient (Wildman–Crippen LogP) is 1.88. The minimum absolute atomic E-state index is 0.0431. The summed E-state index contributed by atoms with van der Waals surface area (Å²) < 4.78 is 7.18. The fourth-order valence-corrected chi connectivity index (χ4v) is 2.59. The van der Waals surface area contributed by atoms with Crippen molar-refractivity contribution in [1.29, 1.82) is 0 Å². The number of aromatic nitrogens is 2. The van der Waals surface area contributed by atoms with Crippen molar-refractivity contribution < 1.29 is 19.9 Å². The fraction of sp³-hybridized carbons (Fsp3) is 0.235. The minimum Gasteiger partial charge on any atom is -0.491 e. The first-order chi connectivity index (χ1) is 12.1. The van der Waals surface area contributed by atoms with Gasteiger partial charge < -0.3 is 19.5 Å². The van der Waals surface area contributed by atoms with E-state index in [1.165, 1.54) is 18.2 Å². The van der Waals surface area contributed by atoms with E-state index in [0.717, 1.165) is 11.0 Å². The third kappa shape index (κ3) is 3.76. The van der Waals surface area contributed by atoms with Crippen molar-refractivity contribution in [1.82, 2.24) is 9.55 Å². The molecule has 0 bridgehead atoms. The molecule has 8 nitrogen and oxygen atoms in total. The highest BCUT2D eigenvalue weighted by atomic mass is 16.6. The summed E-state index contributed by atoms with van der Waals surface area (Å²) in [5.41, 5.74) is 1.47. The van der Waals surface area contributed by atoms with Crippen molar-refractivity contribution in [2.75, 3.05) is 6.61 Å². The van der Waals surface area contributed by atoms with Gasteiger partial charge in [0.25, 0.3) is 5.69 Å². The van der Waals surface area contributed by atoms with Crippen LogP contribution < -0.4 is 4.74 Å². The summed E-state index contributed by atoms with van der Waals surface area (Å²) in [6.07, 6.45) is -0.873. The number of benzene rings is 2. The highest BCUT2D eigenvalue weighted by Gasteiger charge is 2.14. The molecule has 0 spiro atoms. The Bertz CT molecular complexity index is 893. The number of non-ortho nitro benzene ring substituents is 1. The summed E-state index contributed by atoms with van der Waals surface area (Å²) in [4.78, 5) is 14.6. The molecule has 0 aliphatic rings. The highest BCUT2D eigenvalue weighted by Crippen LogP contribution is 2.20. The van der Waals surface area contributed by atoms with Gasteiger partial charge in [-0.3, -0.25) is 10.1 Å². The topological polar surface area (TPSA) is 111 Å². The molecule has 0 radical (unpaired) electrons. The standard InChI is InChI=1S/C17H17N3O5/c21-10-17-18-15-6-1-2-7-16(15)19(17)9-13(22)11-25-14-5-3-4-12(8-14)20(23)24/h1-8,13,21-22H,9-11H2/t13-/m0/s1. The van der Waals surface area contributed by atoms with Crippen LogP contribution in [0, 0.1) is 10.1 Å². The number of rotatable bonds is 7. The number of hydrogen-bond donors (Lipinski definition) is 2. The quantitative estimate of drug-likeness (QED) is 0.500. The van der Waals surface area contributed by atoms with Gasteiger partial charge in [-0.05, 0) is 18.2 Å². The largest absolute Gasteiger partial charge is 0.491 e. The van der Waals surface area contributed by atoms with E-state index in [0.29, 0.717) is 11.6 Å². The normalized spacial score (nSPS) is 12.2. The molecule has 0 fully saturated rings. The number of fused-ring (bicyclic) bond motifs is 1. The number of nitro benzene ring substituents is 1. The summed E-state index contributed by atoms with van der Waals surface area (Å²) in [6, 6.07) is 13.2. The van der Waals surface area contributed by atoms with Crippen LogP contribution in [0.2, 0.25) is 0 Å². The zero-order chi connectivity index (χ0) is 17.8. The molecule has 1 atom stereocenters. The van der Waals surface area contributed by atoms with E-state index in [-0.39, 0.29) is 25.4 Å². The number of imidazole rings is 1. The average molecular weight is 343 g/mol. The molecular weight excluding hydrogens is 326 g/mol. The lowest BCUT2D eigenvalue weighted by Gasteiger charge is -2.15. The Morgan fingerprint density at radius 1 is 1.24 bits per heavy atom. The van der Waals surface area contributed by atoms with Gasteiger partial charge in [0.1, 0.15) is 30.9 Å². The first kappa shape index (κ1) is 16.9. The van der Waals surface area contributed by atoms with Crippen LogP contribution >= 0.6 is 0 Å². The summed E-state index contributed by atoms with van der Waals surface area (Å²) in [6.45, 7) is -0.100. The number of hydrogen-bond acceptors (Lipinski definition) is 6. The van der Waals surface area contributed by atoms with Gasteiger partial charge in [0.15, 0.2) is 0 Å². The van der Waals surface area contributed by atoms with Crippen molar-refractivity contribution in [3.8, 4) is 5.75 Å². The molecule has 2 aromatic carbocycles. The number of nitro groups is 1. The van der Waals surface area contributed by atoms with Gasteiger partial charge in [0, 0.05) is 6.07 Å². The maximum absolute atomic E-state index is 10.8. The van der Waals surface area contributed by atoms with Crippen molar-refractivity contribution in [3.63, 3.8) is 0 Å². The van der Waals surface area contributed by atoms with Crippen molar-refractivity contribution in [2.24, 2.45) is 0 Å². The lowest BCUT2D eigenvalue weighted by molar-refractivity contribution is -0.384. The zero-order valence-corrected chi connectivity index (χ0v) is 13.3. The van der Waals surface area contributed by atoms with Crippen LogP contribution in [0.25, 0.3) is 11.0 Å². The molecule has 0 saturated heterocycles. The summed E-state index contributed by atoms with van der Waals surface area (Å²) >= 11 is 0. The van der Waals surface area contributed by atoms with Crippen LogP contribution in [-0.4, -0.2) is 37.4 Å².